The van der Waals surface area contributed by atoms with Crippen molar-refractivity contribution in [2.75, 3.05) is 46.9 Å². The van der Waals surface area contributed by atoms with Gasteiger partial charge >= 0.3 is 11.8 Å². The zero-order valence-corrected chi connectivity index (χ0v) is 15.7. The van der Waals surface area contributed by atoms with Gasteiger partial charge in [0.15, 0.2) is 0 Å². The van der Waals surface area contributed by atoms with Crippen LogP contribution in [0.5, 0.6) is 0 Å². The number of nitrogens with zero attached hydrogens (tertiary/aromatic N) is 1. The SMILES string of the molecule is C[NH+](C)CCNC(=O)C(=O)NC[C@@H]1OCCN1S(=O)(=O)c1ccccc1. The number of carbonyl (C=O) groups is 2. The minimum atomic E-state index is -3.73. The van der Waals surface area contributed by atoms with E-state index in [4.69, 9.17) is 4.74 Å². The van der Waals surface area contributed by atoms with Crippen LogP contribution in [0.3, 0.4) is 0 Å². The van der Waals surface area contributed by atoms with Crippen molar-refractivity contribution in [1.29, 1.82) is 0 Å². The molecule has 1 aliphatic rings. The van der Waals surface area contributed by atoms with Gasteiger partial charge in [0.05, 0.1) is 45.2 Å². The molecular weight excluding hydrogens is 360 g/mol. The van der Waals surface area contributed by atoms with Crippen LogP contribution in [0.1, 0.15) is 0 Å². The molecule has 10 heteroatoms. The number of benzene rings is 1. The van der Waals surface area contributed by atoms with Gasteiger partial charge in [-0.05, 0) is 12.1 Å². The van der Waals surface area contributed by atoms with Crippen molar-refractivity contribution in [2.45, 2.75) is 11.1 Å². The van der Waals surface area contributed by atoms with Crippen LogP contribution in [-0.2, 0) is 24.3 Å². The summed E-state index contributed by atoms with van der Waals surface area (Å²) in [7, 11) is 0.146. The van der Waals surface area contributed by atoms with Crippen molar-refractivity contribution >= 4 is 21.8 Å². The standard InChI is InChI=1S/C16H24N4O5S/c1-19(2)9-8-17-15(21)16(22)18-12-14-20(10-11-25-14)26(23,24)13-6-4-3-5-7-13/h3-7,14H,8-12H2,1-2H3,(H,17,21)(H,18,22)/p+1/t14-/m0/s1. The Bertz CT molecular complexity index is 723. The number of amides is 2. The Labute approximate surface area is 153 Å². The van der Waals surface area contributed by atoms with Crippen molar-refractivity contribution in [1.82, 2.24) is 14.9 Å². The highest BCUT2D eigenvalue weighted by Gasteiger charge is 2.36. The van der Waals surface area contributed by atoms with Crippen LogP contribution in [0.2, 0.25) is 0 Å². The summed E-state index contributed by atoms with van der Waals surface area (Å²) in [4.78, 5) is 24.9. The molecule has 1 aliphatic heterocycles. The van der Waals surface area contributed by atoms with Crippen LogP contribution in [0, 0.1) is 0 Å². The molecule has 1 fully saturated rings. The van der Waals surface area contributed by atoms with E-state index in [1.54, 1.807) is 18.2 Å². The van der Waals surface area contributed by atoms with Crippen molar-refractivity contribution in [3.8, 4) is 0 Å². The molecule has 1 atom stereocenters. The fourth-order valence-electron chi connectivity index (χ4n) is 2.44. The molecule has 0 bridgehead atoms. The van der Waals surface area contributed by atoms with E-state index in [0.29, 0.717) is 13.1 Å². The van der Waals surface area contributed by atoms with Gasteiger partial charge in [-0.25, -0.2) is 8.42 Å². The van der Waals surface area contributed by atoms with Crippen LogP contribution in [0.15, 0.2) is 35.2 Å². The van der Waals surface area contributed by atoms with E-state index >= 15 is 0 Å². The number of hydrogen-bond donors (Lipinski definition) is 3. The van der Waals surface area contributed by atoms with Crippen LogP contribution in [-0.4, -0.2) is 77.6 Å². The molecular formula is C16H25N4O5S+. The van der Waals surface area contributed by atoms with E-state index in [-0.39, 0.29) is 24.6 Å². The molecule has 0 spiro atoms. The molecule has 2 amide bonds. The second-order valence-electron chi connectivity index (χ2n) is 6.18. The fourth-order valence-corrected chi connectivity index (χ4v) is 3.97. The molecule has 0 unspecified atom stereocenters. The van der Waals surface area contributed by atoms with Crippen molar-refractivity contribution in [3.05, 3.63) is 30.3 Å². The average Bonchev–Trinajstić information content (AvgIpc) is 3.09. The van der Waals surface area contributed by atoms with E-state index in [1.807, 2.05) is 14.1 Å². The number of hydrogen-bond acceptors (Lipinski definition) is 5. The maximum Gasteiger partial charge on any atom is 0.309 e. The first kappa shape index (κ1) is 20.3. The minimum absolute atomic E-state index is 0.1000. The second-order valence-corrected chi connectivity index (χ2v) is 8.07. The van der Waals surface area contributed by atoms with Gasteiger partial charge in [-0.15, -0.1) is 0 Å². The van der Waals surface area contributed by atoms with Crippen molar-refractivity contribution in [2.24, 2.45) is 0 Å². The summed E-state index contributed by atoms with van der Waals surface area (Å²) in [6.07, 6.45) is -0.844. The largest absolute Gasteiger partial charge is 0.359 e. The summed E-state index contributed by atoms with van der Waals surface area (Å²) >= 11 is 0. The molecule has 1 saturated heterocycles. The van der Waals surface area contributed by atoms with Crippen molar-refractivity contribution < 1.29 is 27.6 Å². The molecule has 9 nitrogen and oxygen atoms in total. The summed E-state index contributed by atoms with van der Waals surface area (Å²) < 4.78 is 32.0. The molecule has 2 rings (SSSR count). The average molecular weight is 385 g/mol. The third-order valence-corrected chi connectivity index (χ3v) is 5.75. The lowest BCUT2D eigenvalue weighted by molar-refractivity contribution is -0.856. The molecule has 1 heterocycles. The summed E-state index contributed by atoms with van der Waals surface area (Å²) in [5.41, 5.74) is 0. The van der Waals surface area contributed by atoms with Gasteiger partial charge in [-0.1, -0.05) is 18.2 Å². The van der Waals surface area contributed by atoms with Gasteiger partial charge in [-0.3, -0.25) is 9.59 Å². The van der Waals surface area contributed by atoms with Gasteiger partial charge in [0.2, 0.25) is 10.0 Å². The van der Waals surface area contributed by atoms with Gasteiger partial charge < -0.3 is 20.3 Å². The lowest BCUT2D eigenvalue weighted by Crippen LogP contribution is -3.06. The number of carbonyl (C=O) groups excluding carboxylic acids is 2. The Morgan fingerprint density at radius 2 is 1.85 bits per heavy atom. The van der Waals surface area contributed by atoms with Crippen LogP contribution in [0.4, 0.5) is 0 Å². The summed E-state index contributed by atoms with van der Waals surface area (Å²) in [5, 5.41) is 4.94. The Balaban J connectivity index is 1.91. The van der Waals surface area contributed by atoms with Gasteiger partial charge in [0, 0.05) is 6.54 Å². The maximum atomic E-state index is 12.7. The highest BCUT2D eigenvalue weighted by atomic mass is 32.2. The van der Waals surface area contributed by atoms with E-state index in [2.05, 4.69) is 10.6 Å². The first-order valence-electron chi connectivity index (χ1n) is 8.36. The molecule has 0 aromatic heterocycles. The molecule has 0 saturated carbocycles. The van der Waals surface area contributed by atoms with E-state index in [9.17, 15) is 18.0 Å². The van der Waals surface area contributed by atoms with E-state index in [0.717, 1.165) is 4.90 Å². The number of nitrogens with one attached hydrogen (secondary N) is 3. The molecule has 0 aliphatic carbocycles. The lowest BCUT2D eigenvalue weighted by atomic mass is 10.4. The quantitative estimate of drug-likeness (QED) is 0.447. The highest BCUT2D eigenvalue weighted by Crippen LogP contribution is 2.21. The molecule has 144 valence electrons. The summed E-state index contributed by atoms with van der Waals surface area (Å²) in [5.74, 6) is -1.56. The van der Waals surface area contributed by atoms with E-state index in [1.165, 1.54) is 16.4 Å². The van der Waals surface area contributed by atoms with Gasteiger partial charge in [0.1, 0.15) is 6.23 Å². The monoisotopic (exact) mass is 385 g/mol. The van der Waals surface area contributed by atoms with Crippen LogP contribution >= 0.6 is 0 Å². The normalized spacial score (nSPS) is 18.0. The molecule has 3 N–H and O–H groups in total. The first-order valence-corrected chi connectivity index (χ1v) is 9.80. The maximum absolute atomic E-state index is 12.7. The molecule has 0 radical (unpaired) electrons. The van der Waals surface area contributed by atoms with Gasteiger partial charge in [0.25, 0.3) is 0 Å². The summed E-state index contributed by atoms with van der Waals surface area (Å²) in [6, 6.07) is 8.02. The zero-order valence-electron chi connectivity index (χ0n) is 14.9. The number of rotatable bonds is 7. The Kier molecular flexibility index (Phi) is 7.09. The highest BCUT2D eigenvalue weighted by molar-refractivity contribution is 7.89. The Hall–Kier alpha value is -2.01. The third-order valence-electron chi connectivity index (χ3n) is 3.85. The minimum Gasteiger partial charge on any atom is -0.359 e. The topological polar surface area (TPSA) is 109 Å². The van der Waals surface area contributed by atoms with Gasteiger partial charge in [-0.2, -0.15) is 4.31 Å². The third kappa shape index (κ3) is 5.24. The predicted octanol–water partition coefficient (Wildman–Crippen LogP) is -2.59. The number of ether oxygens (including phenoxy) is 1. The number of quaternary nitrogens is 1. The predicted molar refractivity (Wildman–Crippen MR) is 93.8 cm³/mol. The second kappa shape index (κ2) is 9.08. The van der Waals surface area contributed by atoms with Crippen LogP contribution in [0.25, 0.3) is 0 Å². The Morgan fingerprint density at radius 1 is 1.19 bits per heavy atom. The zero-order chi connectivity index (χ0) is 19.2. The lowest BCUT2D eigenvalue weighted by Gasteiger charge is -2.22. The van der Waals surface area contributed by atoms with Crippen molar-refractivity contribution in [3.63, 3.8) is 0 Å². The number of sulfonamides is 1. The smallest absolute Gasteiger partial charge is 0.309 e. The fraction of sp³-hybridized carbons (Fsp3) is 0.500. The molecule has 26 heavy (non-hydrogen) atoms. The first-order chi connectivity index (χ1) is 12.3. The Morgan fingerprint density at radius 3 is 2.50 bits per heavy atom. The van der Waals surface area contributed by atoms with E-state index < -0.39 is 28.1 Å². The summed E-state index contributed by atoms with van der Waals surface area (Å²) in [6.45, 7) is 1.38. The number of likely N-dealkylation sites (N-methyl/N-ethyl adjacent to an activating group) is 1. The molecule has 1 aromatic rings. The van der Waals surface area contributed by atoms with Crippen LogP contribution < -0.4 is 15.5 Å². The molecule has 1 aromatic carbocycles.